The van der Waals surface area contributed by atoms with Crippen LogP contribution in [0.4, 0.5) is 0 Å². The Kier molecular flexibility index (Phi) is 3.13. The average Bonchev–Trinajstić information content (AvgIpc) is 2.44. The lowest BCUT2D eigenvalue weighted by atomic mass is 9.84. The number of hydrogen-bond donors (Lipinski definition) is 0. The van der Waals surface area contributed by atoms with E-state index in [-0.39, 0.29) is 17.3 Å². The van der Waals surface area contributed by atoms with Gasteiger partial charge in [0.2, 0.25) is 5.91 Å². The normalized spacial score (nSPS) is 26.8. The molecule has 1 atom stereocenters. The van der Waals surface area contributed by atoms with Crippen LogP contribution in [0.1, 0.15) is 26.2 Å². The smallest absolute Gasteiger partial charge is 0.305 e. The summed E-state index contributed by atoms with van der Waals surface area (Å²) in [6, 6.07) is 0. The Morgan fingerprint density at radius 3 is 2.71 bits per heavy atom. The molecule has 0 radical (unpaired) electrons. The van der Waals surface area contributed by atoms with Crippen LogP contribution in [0.2, 0.25) is 0 Å². The molecule has 1 amide bonds. The quantitative estimate of drug-likeness (QED) is 0.632. The Bertz CT molecular complexity index is 252. The lowest BCUT2D eigenvalue weighted by Crippen LogP contribution is -2.30. The number of nitrogens with zero attached hydrogens (tertiary/aromatic N) is 1. The summed E-state index contributed by atoms with van der Waals surface area (Å²) in [5.74, 6) is -0.102. The van der Waals surface area contributed by atoms with Gasteiger partial charge in [-0.3, -0.25) is 9.59 Å². The lowest BCUT2D eigenvalue weighted by molar-refractivity contribution is -0.142. The summed E-state index contributed by atoms with van der Waals surface area (Å²) in [5, 5.41) is 0. The number of likely N-dealkylation sites (tertiary alicyclic amines) is 1. The molecule has 1 saturated heterocycles. The fraction of sp³-hybridized carbons (Fsp3) is 0.800. The van der Waals surface area contributed by atoms with Crippen LogP contribution in [0.3, 0.4) is 0 Å². The molecule has 1 aliphatic heterocycles. The highest BCUT2D eigenvalue weighted by Gasteiger charge is 2.40. The zero-order valence-corrected chi connectivity index (χ0v) is 9.00. The molecule has 1 aliphatic rings. The van der Waals surface area contributed by atoms with Crippen molar-refractivity contribution in [3.8, 4) is 0 Å². The van der Waals surface area contributed by atoms with E-state index >= 15 is 0 Å². The van der Waals surface area contributed by atoms with Crippen LogP contribution in [-0.4, -0.2) is 37.5 Å². The molecule has 14 heavy (non-hydrogen) atoms. The number of methoxy groups -OCH3 is 1. The van der Waals surface area contributed by atoms with E-state index in [4.69, 9.17) is 0 Å². The van der Waals surface area contributed by atoms with Gasteiger partial charge in [-0.2, -0.15) is 0 Å². The van der Waals surface area contributed by atoms with Crippen molar-refractivity contribution in [2.75, 3.05) is 20.7 Å². The van der Waals surface area contributed by atoms with Crippen molar-refractivity contribution in [1.29, 1.82) is 0 Å². The van der Waals surface area contributed by atoms with E-state index in [0.29, 0.717) is 12.8 Å². The highest BCUT2D eigenvalue weighted by atomic mass is 16.5. The molecule has 0 aliphatic carbocycles. The molecule has 0 aromatic heterocycles. The van der Waals surface area contributed by atoms with Gasteiger partial charge in [-0.15, -0.1) is 0 Å². The SMILES string of the molecule is COC(=O)CCC1(C)CCN(C)C1=O. The van der Waals surface area contributed by atoms with Crippen molar-refractivity contribution < 1.29 is 14.3 Å². The van der Waals surface area contributed by atoms with Gasteiger partial charge >= 0.3 is 5.97 Å². The Hall–Kier alpha value is -1.06. The molecule has 1 fully saturated rings. The second-order valence-corrected chi connectivity index (χ2v) is 4.11. The molecule has 1 unspecified atom stereocenters. The molecule has 4 nitrogen and oxygen atoms in total. The maximum Gasteiger partial charge on any atom is 0.305 e. The molecular formula is C10H17NO3. The highest BCUT2D eigenvalue weighted by molar-refractivity contribution is 5.84. The van der Waals surface area contributed by atoms with Gasteiger partial charge in [0.1, 0.15) is 0 Å². The molecule has 0 spiro atoms. The highest BCUT2D eigenvalue weighted by Crippen LogP contribution is 2.35. The third-order valence-corrected chi connectivity index (χ3v) is 2.97. The van der Waals surface area contributed by atoms with Gasteiger partial charge in [0, 0.05) is 25.4 Å². The molecule has 0 N–H and O–H groups in total. The maximum atomic E-state index is 11.7. The first kappa shape index (κ1) is 11.0. The number of ether oxygens (including phenoxy) is 1. The molecule has 0 saturated carbocycles. The predicted octanol–water partition coefficient (Wildman–Crippen LogP) is 0.808. The summed E-state index contributed by atoms with van der Waals surface area (Å²) in [6.45, 7) is 2.71. The molecule has 80 valence electrons. The maximum absolute atomic E-state index is 11.7. The number of esters is 1. The fourth-order valence-corrected chi connectivity index (χ4v) is 1.80. The van der Waals surface area contributed by atoms with E-state index in [1.807, 2.05) is 6.92 Å². The second kappa shape index (κ2) is 3.98. The Morgan fingerprint density at radius 1 is 1.64 bits per heavy atom. The van der Waals surface area contributed by atoms with Crippen LogP contribution in [0.15, 0.2) is 0 Å². The van der Waals surface area contributed by atoms with Crippen molar-refractivity contribution >= 4 is 11.9 Å². The first-order valence-electron chi connectivity index (χ1n) is 4.82. The minimum Gasteiger partial charge on any atom is -0.469 e. The van der Waals surface area contributed by atoms with Crippen molar-refractivity contribution in [3.63, 3.8) is 0 Å². The third kappa shape index (κ3) is 2.05. The Balaban J connectivity index is 2.51. The van der Waals surface area contributed by atoms with Gasteiger partial charge in [0.25, 0.3) is 0 Å². The molecule has 0 bridgehead atoms. The van der Waals surface area contributed by atoms with Crippen molar-refractivity contribution in [2.45, 2.75) is 26.2 Å². The predicted molar refractivity (Wildman–Crippen MR) is 51.6 cm³/mol. The van der Waals surface area contributed by atoms with Gasteiger partial charge in [-0.25, -0.2) is 0 Å². The Morgan fingerprint density at radius 2 is 2.29 bits per heavy atom. The van der Waals surface area contributed by atoms with E-state index in [1.54, 1.807) is 11.9 Å². The van der Waals surface area contributed by atoms with Crippen LogP contribution in [0.5, 0.6) is 0 Å². The molecule has 0 aromatic carbocycles. The van der Waals surface area contributed by atoms with Crippen LogP contribution in [0.25, 0.3) is 0 Å². The van der Waals surface area contributed by atoms with E-state index in [1.165, 1.54) is 7.11 Å². The number of amides is 1. The van der Waals surface area contributed by atoms with Crippen LogP contribution >= 0.6 is 0 Å². The molecule has 1 rings (SSSR count). The monoisotopic (exact) mass is 199 g/mol. The first-order chi connectivity index (χ1) is 6.49. The number of carbonyl (C=O) groups excluding carboxylic acids is 2. The van der Waals surface area contributed by atoms with Crippen LogP contribution in [-0.2, 0) is 14.3 Å². The van der Waals surface area contributed by atoms with E-state index in [2.05, 4.69) is 4.74 Å². The topological polar surface area (TPSA) is 46.6 Å². The largest absolute Gasteiger partial charge is 0.469 e. The van der Waals surface area contributed by atoms with Gasteiger partial charge in [0.05, 0.1) is 7.11 Å². The van der Waals surface area contributed by atoms with E-state index < -0.39 is 0 Å². The number of carbonyl (C=O) groups is 2. The summed E-state index contributed by atoms with van der Waals surface area (Å²) in [4.78, 5) is 24.4. The number of hydrogen-bond acceptors (Lipinski definition) is 3. The molecule has 4 heteroatoms. The van der Waals surface area contributed by atoms with Crippen molar-refractivity contribution in [2.24, 2.45) is 5.41 Å². The Labute approximate surface area is 84.2 Å². The number of rotatable bonds is 3. The zero-order valence-electron chi connectivity index (χ0n) is 9.00. The second-order valence-electron chi connectivity index (χ2n) is 4.11. The van der Waals surface area contributed by atoms with Crippen molar-refractivity contribution in [1.82, 2.24) is 4.90 Å². The van der Waals surface area contributed by atoms with Crippen LogP contribution < -0.4 is 0 Å². The summed E-state index contributed by atoms with van der Waals surface area (Å²) in [5.41, 5.74) is -0.358. The zero-order chi connectivity index (χ0) is 10.8. The summed E-state index contributed by atoms with van der Waals surface area (Å²) in [6.07, 6.45) is 1.74. The molecular weight excluding hydrogens is 182 g/mol. The third-order valence-electron chi connectivity index (χ3n) is 2.97. The fourth-order valence-electron chi connectivity index (χ4n) is 1.80. The standard InChI is InChI=1S/C10H17NO3/c1-10(5-4-8(12)14-3)6-7-11(2)9(10)13/h4-7H2,1-3H3. The van der Waals surface area contributed by atoms with Crippen LogP contribution in [0, 0.1) is 5.41 Å². The summed E-state index contributed by atoms with van der Waals surface area (Å²) >= 11 is 0. The van der Waals surface area contributed by atoms with Gasteiger partial charge in [0.15, 0.2) is 0 Å². The molecule has 1 heterocycles. The van der Waals surface area contributed by atoms with Gasteiger partial charge in [-0.1, -0.05) is 6.92 Å². The first-order valence-corrected chi connectivity index (χ1v) is 4.82. The van der Waals surface area contributed by atoms with E-state index in [0.717, 1.165) is 13.0 Å². The summed E-state index contributed by atoms with van der Waals surface area (Å²) < 4.78 is 4.55. The van der Waals surface area contributed by atoms with Gasteiger partial charge in [-0.05, 0) is 12.8 Å². The van der Waals surface area contributed by atoms with Crippen molar-refractivity contribution in [3.05, 3.63) is 0 Å². The summed E-state index contributed by atoms with van der Waals surface area (Å²) in [7, 11) is 3.17. The minimum absolute atomic E-state index is 0.140. The molecule has 0 aromatic rings. The lowest BCUT2D eigenvalue weighted by Gasteiger charge is -2.20. The average molecular weight is 199 g/mol. The minimum atomic E-state index is -0.358. The van der Waals surface area contributed by atoms with Gasteiger partial charge < -0.3 is 9.64 Å². The van der Waals surface area contributed by atoms with E-state index in [9.17, 15) is 9.59 Å².